The van der Waals surface area contributed by atoms with Crippen LogP contribution in [0.1, 0.15) is 10.4 Å². The van der Waals surface area contributed by atoms with Gasteiger partial charge >= 0.3 is 0 Å². The van der Waals surface area contributed by atoms with Gasteiger partial charge in [0, 0.05) is 15.0 Å². The Bertz CT molecular complexity index is 929. The molecule has 1 aromatic heterocycles. The molecule has 0 aliphatic rings. The standard InChI is InChI=1S/C18H14S/c1-11-12(2)19-16-10-9-14-8-7-13-5-3-4-6-15(13)18(14)17(11)16/h3-10H,1-2H3. The highest BCUT2D eigenvalue weighted by Gasteiger charge is 2.10. The number of rotatable bonds is 0. The summed E-state index contributed by atoms with van der Waals surface area (Å²) in [5.41, 5.74) is 1.43. The predicted octanol–water partition coefficient (Wildman–Crippen LogP) is 5.82. The molecule has 0 fully saturated rings. The monoisotopic (exact) mass is 262 g/mol. The van der Waals surface area contributed by atoms with Crippen molar-refractivity contribution >= 4 is 43.0 Å². The van der Waals surface area contributed by atoms with Gasteiger partial charge in [-0.3, -0.25) is 0 Å². The molecule has 0 aliphatic heterocycles. The molecule has 0 unspecified atom stereocenters. The second-order valence-corrected chi connectivity index (χ2v) is 6.36. The maximum absolute atomic E-state index is 2.26. The summed E-state index contributed by atoms with van der Waals surface area (Å²) in [5.74, 6) is 0. The SMILES string of the molecule is Cc1sc2ccc3ccc4ccccc4c3c2c1C. The Morgan fingerprint density at radius 1 is 0.737 bits per heavy atom. The van der Waals surface area contributed by atoms with Gasteiger partial charge in [-0.25, -0.2) is 0 Å². The average molecular weight is 262 g/mol. The highest BCUT2D eigenvalue weighted by atomic mass is 32.1. The first-order chi connectivity index (χ1) is 9.25. The van der Waals surface area contributed by atoms with E-state index in [1.165, 1.54) is 42.1 Å². The molecule has 0 saturated heterocycles. The molecular formula is C18H14S. The molecule has 4 aromatic rings. The lowest BCUT2D eigenvalue weighted by molar-refractivity contribution is 1.48. The molecule has 0 nitrogen and oxygen atoms in total. The van der Waals surface area contributed by atoms with E-state index in [2.05, 4.69) is 62.4 Å². The van der Waals surface area contributed by atoms with E-state index in [1.54, 1.807) is 0 Å². The van der Waals surface area contributed by atoms with Crippen molar-refractivity contribution in [1.82, 2.24) is 0 Å². The van der Waals surface area contributed by atoms with Gasteiger partial charge in [0.15, 0.2) is 0 Å². The molecule has 0 N–H and O–H groups in total. The number of hydrogen-bond acceptors (Lipinski definition) is 1. The Hall–Kier alpha value is -1.86. The second kappa shape index (κ2) is 3.82. The Morgan fingerprint density at radius 2 is 1.47 bits per heavy atom. The van der Waals surface area contributed by atoms with Crippen LogP contribution in [0.3, 0.4) is 0 Å². The van der Waals surface area contributed by atoms with E-state index >= 15 is 0 Å². The van der Waals surface area contributed by atoms with E-state index in [0.717, 1.165) is 0 Å². The molecular weight excluding hydrogens is 248 g/mol. The summed E-state index contributed by atoms with van der Waals surface area (Å²) in [6.07, 6.45) is 0. The summed E-state index contributed by atoms with van der Waals surface area (Å²) in [6.45, 7) is 4.46. The fourth-order valence-corrected chi connectivity index (χ4v) is 4.03. The van der Waals surface area contributed by atoms with E-state index in [-0.39, 0.29) is 0 Å². The Kier molecular flexibility index (Phi) is 2.21. The lowest BCUT2D eigenvalue weighted by Crippen LogP contribution is -1.80. The topological polar surface area (TPSA) is 0 Å². The van der Waals surface area contributed by atoms with Crippen LogP contribution in [0.2, 0.25) is 0 Å². The molecule has 4 rings (SSSR count). The minimum Gasteiger partial charge on any atom is -0.140 e. The molecule has 0 amide bonds. The van der Waals surface area contributed by atoms with Gasteiger partial charge in [-0.15, -0.1) is 11.3 Å². The minimum atomic E-state index is 1.32. The number of fused-ring (bicyclic) bond motifs is 5. The van der Waals surface area contributed by atoms with Crippen LogP contribution < -0.4 is 0 Å². The van der Waals surface area contributed by atoms with Crippen molar-refractivity contribution in [2.75, 3.05) is 0 Å². The summed E-state index contributed by atoms with van der Waals surface area (Å²) in [7, 11) is 0. The fourth-order valence-electron chi connectivity index (χ4n) is 2.95. The third-order valence-corrected chi connectivity index (χ3v) is 5.21. The zero-order valence-electron chi connectivity index (χ0n) is 11.0. The van der Waals surface area contributed by atoms with Crippen LogP contribution in [0.15, 0.2) is 48.5 Å². The number of aryl methyl sites for hydroxylation is 2. The van der Waals surface area contributed by atoms with Gasteiger partial charge in [0.25, 0.3) is 0 Å². The summed E-state index contributed by atoms with van der Waals surface area (Å²) in [5, 5.41) is 6.89. The number of thiophene rings is 1. The van der Waals surface area contributed by atoms with Crippen molar-refractivity contribution < 1.29 is 0 Å². The van der Waals surface area contributed by atoms with Crippen molar-refractivity contribution in [3.05, 3.63) is 59.0 Å². The fraction of sp³-hybridized carbons (Fsp3) is 0.111. The smallest absolute Gasteiger partial charge is 0.0354 e. The number of benzene rings is 3. The zero-order chi connectivity index (χ0) is 13.0. The van der Waals surface area contributed by atoms with Gasteiger partial charge in [-0.2, -0.15) is 0 Å². The quantitative estimate of drug-likeness (QED) is 0.350. The van der Waals surface area contributed by atoms with Crippen LogP contribution in [-0.4, -0.2) is 0 Å². The Balaban J connectivity index is 2.40. The van der Waals surface area contributed by atoms with Crippen LogP contribution in [0.25, 0.3) is 31.6 Å². The van der Waals surface area contributed by atoms with Crippen molar-refractivity contribution in [3.8, 4) is 0 Å². The molecule has 0 spiro atoms. The van der Waals surface area contributed by atoms with Gasteiger partial charge in [0.05, 0.1) is 0 Å². The van der Waals surface area contributed by atoms with Crippen LogP contribution in [-0.2, 0) is 0 Å². The largest absolute Gasteiger partial charge is 0.140 e. The summed E-state index contributed by atoms with van der Waals surface area (Å²) < 4.78 is 1.40. The first-order valence-electron chi connectivity index (χ1n) is 6.56. The molecule has 0 radical (unpaired) electrons. The number of hydrogen-bond donors (Lipinski definition) is 0. The van der Waals surface area contributed by atoms with Gasteiger partial charge in [-0.05, 0) is 47.0 Å². The molecule has 0 bridgehead atoms. The lowest BCUT2D eigenvalue weighted by Gasteiger charge is -2.06. The van der Waals surface area contributed by atoms with E-state index in [4.69, 9.17) is 0 Å². The van der Waals surface area contributed by atoms with Crippen molar-refractivity contribution in [3.63, 3.8) is 0 Å². The Labute approximate surface area is 116 Å². The van der Waals surface area contributed by atoms with Crippen LogP contribution in [0.5, 0.6) is 0 Å². The highest BCUT2D eigenvalue weighted by Crippen LogP contribution is 2.38. The van der Waals surface area contributed by atoms with Crippen molar-refractivity contribution in [2.45, 2.75) is 13.8 Å². The van der Waals surface area contributed by atoms with Crippen LogP contribution in [0, 0.1) is 13.8 Å². The summed E-state index contributed by atoms with van der Waals surface area (Å²) in [4.78, 5) is 1.43. The van der Waals surface area contributed by atoms with Crippen molar-refractivity contribution in [1.29, 1.82) is 0 Å². The van der Waals surface area contributed by atoms with Crippen LogP contribution >= 0.6 is 11.3 Å². The van der Waals surface area contributed by atoms with Gasteiger partial charge in [-0.1, -0.05) is 42.5 Å². The maximum Gasteiger partial charge on any atom is 0.0354 e. The minimum absolute atomic E-state index is 1.32. The van der Waals surface area contributed by atoms with E-state index in [9.17, 15) is 0 Å². The van der Waals surface area contributed by atoms with E-state index < -0.39 is 0 Å². The molecule has 1 heterocycles. The molecule has 1 heteroatoms. The van der Waals surface area contributed by atoms with Crippen molar-refractivity contribution in [2.24, 2.45) is 0 Å². The van der Waals surface area contributed by atoms with Gasteiger partial charge in [0.2, 0.25) is 0 Å². The predicted molar refractivity (Wildman–Crippen MR) is 86.3 cm³/mol. The summed E-state index contributed by atoms with van der Waals surface area (Å²) >= 11 is 1.90. The molecule has 92 valence electrons. The maximum atomic E-state index is 2.26. The first-order valence-corrected chi connectivity index (χ1v) is 7.37. The Morgan fingerprint density at radius 3 is 2.37 bits per heavy atom. The molecule has 0 saturated carbocycles. The normalized spacial score (nSPS) is 11.7. The third-order valence-electron chi connectivity index (χ3n) is 4.04. The molecule has 0 atom stereocenters. The zero-order valence-corrected chi connectivity index (χ0v) is 11.8. The molecule has 19 heavy (non-hydrogen) atoms. The average Bonchev–Trinajstić information content (AvgIpc) is 2.74. The van der Waals surface area contributed by atoms with Gasteiger partial charge in [0.1, 0.15) is 0 Å². The van der Waals surface area contributed by atoms with E-state index in [0.29, 0.717) is 0 Å². The third kappa shape index (κ3) is 1.45. The first kappa shape index (κ1) is 11.0. The molecule has 0 aliphatic carbocycles. The summed E-state index contributed by atoms with van der Waals surface area (Å²) in [6, 6.07) is 17.7. The van der Waals surface area contributed by atoms with E-state index in [1.807, 2.05) is 11.3 Å². The van der Waals surface area contributed by atoms with Crippen LogP contribution in [0.4, 0.5) is 0 Å². The second-order valence-electron chi connectivity index (χ2n) is 5.11. The highest BCUT2D eigenvalue weighted by molar-refractivity contribution is 7.19. The lowest BCUT2D eigenvalue weighted by atomic mass is 9.97. The van der Waals surface area contributed by atoms with Gasteiger partial charge < -0.3 is 0 Å². The molecule has 3 aromatic carbocycles.